The molecule has 2 aromatic rings. The molecule has 2 amide bonds. The first-order valence-corrected chi connectivity index (χ1v) is 8.83. The maximum atomic E-state index is 12.6. The van der Waals surface area contributed by atoms with E-state index in [1.807, 2.05) is 31.2 Å². The van der Waals surface area contributed by atoms with Crippen LogP contribution in [0.4, 0.5) is 4.79 Å². The number of ether oxygens (including phenoxy) is 1. The molecule has 0 aromatic heterocycles. The molecule has 0 spiro atoms. The van der Waals surface area contributed by atoms with Gasteiger partial charge in [0.15, 0.2) is 0 Å². The van der Waals surface area contributed by atoms with Crippen molar-refractivity contribution in [1.29, 1.82) is 0 Å². The SMILES string of the molecule is CC(=O)Oc1ccc(/C=C2/SC(=O)N(Cc3ccc(C)cc3)C2=O)cc1. The van der Waals surface area contributed by atoms with E-state index in [1.54, 1.807) is 30.3 Å². The Balaban J connectivity index is 1.74. The van der Waals surface area contributed by atoms with Crippen molar-refractivity contribution in [2.24, 2.45) is 0 Å². The lowest BCUT2D eigenvalue weighted by molar-refractivity contribution is -0.131. The van der Waals surface area contributed by atoms with Gasteiger partial charge in [0.2, 0.25) is 0 Å². The number of hydrogen-bond acceptors (Lipinski definition) is 5. The predicted molar refractivity (Wildman–Crippen MR) is 100 cm³/mol. The quantitative estimate of drug-likeness (QED) is 0.461. The summed E-state index contributed by atoms with van der Waals surface area (Å²) in [5.41, 5.74) is 2.78. The second-order valence-electron chi connectivity index (χ2n) is 5.92. The molecule has 1 heterocycles. The minimum absolute atomic E-state index is 0.258. The maximum Gasteiger partial charge on any atom is 0.308 e. The van der Waals surface area contributed by atoms with Crippen LogP contribution in [0, 0.1) is 6.92 Å². The van der Waals surface area contributed by atoms with Crippen LogP contribution in [-0.4, -0.2) is 22.0 Å². The molecule has 1 saturated heterocycles. The smallest absolute Gasteiger partial charge is 0.308 e. The fraction of sp³-hybridized carbons (Fsp3) is 0.150. The van der Waals surface area contributed by atoms with Gasteiger partial charge in [-0.15, -0.1) is 0 Å². The van der Waals surface area contributed by atoms with Crippen molar-refractivity contribution < 1.29 is 19.1 Å². The zero-order valence-corrected chi connectivity index (χ0v) is 15.2. The lowest BCUT2D eigenvalue weighted by atomic mass is 10.1. The number of hydrogen-bond donors (Lipinski definition) is 0. The third kappa shape index (κ3) is 4.21. The molecular formula is C20H17NO4S. The molecular weight excluding hydrogens is 350 g/mol. The van der Waals surface area contributed by atoms with E-state index in [2.05, 4.69) is 0 Å². The Morgan fingerprint density at radius 2 is 1.73 bits per heavy atom. The number of benzene rings is 2. The van der Waals surface area contributed by atoms with Crippen LogP contribution in [0.1, 0.15) is 23.6 Å². The summed E-state index contributed by atoms with van der Waals surface area (Å²) >= 11 is 0.927. The number of rotatable bonds is 4. The Hall–Kier alpha value is -2.86. The van der Waals surface area contributed by atoms with Gasteiger partial charge in [-0.25, -0.2) is 0 Å². The van der Waals surface area contributed by atoms with Crippen LogP contribution in [0.15, 0.2) is 53.4 Å². The standard InChI is InChI=1S/C20H17NO4S/c1-13-3-5-16(6-4-13)12-21-19(23)18(26-20(21)24)11-15-7-9-17(10-8-15)25-14(2)22/h3-11H,12H2,1-2H3/b18-11+. The zero-order chi connectivity index (χ0) is 18.7. The highest BCUT2D eigenvalue weighted by Crippen LogP contribution is 2.33. The lowest BCUT2D eigenvalue weighted by Crippen LogP contribution is -2.27. The third-order valence-corrected chi connectivity index (χ3v) is 4.68. The first kappa shape index (κ1) is 17.9. The lowest BCUT2D eigenvalue weighted by Gasteiger charge is -2.12. The van der Waals surface area contributed by atoms with E-state index >= 15 is 0 Å². The topological polar surface area (TPSA) is 63.7 Å². The molecule has 1 fully saturated rings. The van der Waals surface area contributed by atoms with Crippen LogP contribution < -0.4 is 4.74 Å². The Morgan fingerprint density at radius 3 is 2.35 bits per heavy atom. The number of carbonyl (C=O) groups excluding carboxylic acids is 3. The van der Waals surface area contributed by atoms with Crippen molar-refractivity contribution in [3.8, 4) is 5.75 Å². The Bertz CT molecular complexity index is 885. The van der Waals surface area contributed by atoms with Crippen LogP contribution in [0.25, 0.3) is 6.08 Å². The normalized spacial score (nSPS) is 15.6. The van der Waals surface area contributed by atoms with Gasteiger partial charge < -0.3 is 4.74 Å². The van der Waals surface area contributed by atoms with E-state index < -0.39 is 5.97 Å². The summed E-state index contributed by atoms with van der Waals surface area (Å²) in [4.78, 5) is 37.3. The fourth-order valence-electron chi connectivity index (χ4n) is 2.46. The van der Waals surface area contributed by atoms with Crippen LogP contribution in [0.5, 0.6) is 5.75 Å². The largest absolute Gasteiger partial charge is 0.427 e. The minimum atomic E-state index is -0.394. The monoisotopic (exact) mass is 367 g/mol. The number of aryl methyl sites for hydroxylation is 1. The number of amides is 2. The van der Waals surface area contributed by atoms with E-state index in [0.29, 0.717) is 10.7 Å². The predicted octanol–water partition coefficient (Wildman–Crippen LogP) is 4.16. The second kappa shape index (κ2) is 7.58. The van der Waals surface area contributed by atoms with Gasteiger partial charge in [0.25, 0.3) is 11.1 Å². The van der Waals surface area contributed by atoms with Crippen molar-refractivity contribution in [1.82, 2.24) is 4.90 Å². The molecule has 0 unspecified atom stereocenters. The van der Waals surface area contributed by atoms with Crippen LogP contribution >= 0.6 is 11.8 Å². The van der Waals surface area contributed by atoms with Crippen LogP contribution in [0.2, 0.25) is 0 Å². The summed E-state index contributed by atoms with van der Waals surface area (Å²) in [5, 5.41) is -0.279. The fourth-order valence-corrected chi connectivity index (χ4v) is 3.30. The Morgan fingerprint density at radius 1 is 1.08 bits per heavy atom. The summed E-state index contributed by atoms with van der Waals surface area (Å²) in [6.45, 7) is 3.57. The van der Waals surface area contributed by atoms with Gasteiger partial charge >= 0.3 is 5.97 Å². The van der Waals surface area contributed by atoms with Crippen molar-refractivity contribution >= 4 is 35.0 Å². The first-order chi connectivity index (χ1) is 12.4. The van der Waals surface area contributed by atoms with Gasteiger partial charge in [0, 0.05) is 6.92 Å². The summed E-state index contributed by atoms with van der Waals surface area (Å²) in [6.07, 6.45) is 1.66. The van der Waals surface area contributed by atoms with Gasteiger partial charge in [-0.2, -0.15) is 0 Å². The number of imide groups is 1. The maximum absolute atomic E-state index is 12.6. The minimum Gasteiger partial charge on any atom is -0.427 e. The van der Waals surface area contributed by atoms with Crippen molar-refractivity contribution in [2.45, 2.75) is 20.4 Å². The summed E-state index contributed by atoms with van der Waals surface area (Å²) in [5.74, 6) is -0.262. The second-order valence-corrected chi connectivity index (χ2v) is 6.91. The highest BCUT2D eigenvalue weighted by Gasteiger charge is 2.34. The number of nitrogens with zero attached hydrogens (tertiary/aromatic N) is 1. The molecule has 0 bridgehead atoms. The van der Waals surface area contributed by atoms with Crippen molar-refractivity contribution in [2.75, 3.05) is 0 Å². The molecule has 132 valence electrons. The highest BCUT2D eigenvalue weighted by atomic mass is 32.2. The number of thioether (sulfide) groups is 1. The van der Waals surface area contributed by atoms with Crippen molar-refractivity contribution in [3.05, 3.63) is 70.1 Å². The van der Waals surface area contributed by atoms with Gasteiger partial charge in [-0.3, -0.25) is 19.3 Å². The molecule has 26 heavy (non-hydrogen) atoms. The van der Waals surface area contributed by atoms with Gasteiger partial charge in [0.1, 0.15) is 5.75 Å². The molecule has 0 atom stereocenters. The molecule has 0 N–H and O–H groups in total. The summed E-state index contributed by atoms with van der Waals surface area (Å²) < 4.78 is 4.98. The molecule has 1 aliphatic rings. The zero-order valence-electron chi connectivity index (χ0n) is 14.4. The van der Waals surface area contributed by atoms with Crippen LogP contribution in [-0.2, 0) is 16.1 Å². The highest BCUT2D eigenvalue weighted by molar-refractivity contribution is 8.18. The van der Waals surface area contributed by atoms with Gasteiger partial charge in [-0.1, -0.05) is 42.0 Å². The molecule has 0 saturated carbocycles. The van der Waals surface area contributed by atoms with E-state index in [1.165, 1.54) is 11.8 Å². The molecule has 0 radical (unpaired) electrons. The average Bonchev–Trinajstić information content (AvgIpc) is 2.85. The molecule has 5 nitrogen and oxygen atoms in total. The molecule has 3 rings (SSSR count). The molecule has 6 heteroatoms. The number of carbonyl (C=O) groups is 3. The summed E-state index contributed by atoms with van der Waals surface area (Å²) in [7, 11) is 0. The molecule has 1 aliphatic heterocycles. The van der Waals surface area contributed by atoms with Crippen molar-refractivity contribution in [3.63, 3.8) is 0 Å². The Labute approximate surface area is 155 Å². The average molecular weight is 367 g/mol. The van der Waals surface area contributed by atoms with E-state index in [4.69, 9.17) is 4.74 Å². The summed E-state index contributed by atoms with van der Waals surface area (Å²) in [6, 6.07) is 14.5. The van der Waals surface area contributed by atoms with Gasteiger partial charge in [0.05, 0.1) is 11.4 Å². The van der Waals surface area contributed by atoms with E-state index in [-0.39, 0.29) is 17.7 Å². The molecule has 2 aromatic carbocycles. The Kier molecular flexibility index (Phi) is 5.23. The van der Waals surface area contributed by atoms with E-state index in [0.717, 1.165) is 28.5 Å². The van der Waals surface area contributed by atoms with Gasteiger partial charge in [-0.05, 0) is 48.0 Å². The third-order valence-electron chi connectivity index (χ3n) is 3.77. The first-order valence-electron chi connectivity index (χ1n) is 8.02. The van der Waals surface area contributed by atoms with Crippen LogP contribution in [0.3, 0.4) is 0 Å². The molecule has 0 aliphatic carbocycles. The van der Waals surface area contributed by atoms with E-state index in [9.17, 15) is 14.4 Å². The number of esters is 1.